The molecule has 0 spiro atoms. The van der Waals surface area contributed by atoms with Crippen LogP contribution in [0.15, 0.2) is 0 Å². The van der Waals surface area contributed by atoms with Crippen LogP contribution in [0.25, 0.3) is 0 Å². The molecule has 1 heterocycles. The largest absolute Gasteiger partial charge is 0.346 e. The normalized spacial score (nSPS) is 23.6. The number of halogens is 2. The van der Waals surface area contributed by atoms with Crippen LogP contribution in [0.2, 0.25) is 0 Å². The molecule has 1 fully saturated rings. The number of rotatable bonds is 5. The molecule has 1 aliphatic heterocycles. The minimum Gasteiger partial charge on any atom is -0.346 e. The van der Waals surface area contributed by atoms with Crippen molar-refractivity contribution in [1.82, 2.24) is 10.6 Å². The Kier molecular flexibility index (Phi) is 4.42. The van der Waals surface area contributed by atoms with E-state index < -0.39 is 34.3 Å². The highest BCUT2D eigenvalue weighted by Gasteiger charge is 2.44. The monoisotopic (exact) mass is 270 g/mol. The molecule has 1 amide bonds. The lowest BCUT2D eigenvalue weighted by Crippen LogP contribution is -2.47. The van der Waals surface area contributed by atoms with Crippen molar-refractivity contribution in [2.24, 2.45) is 0 Å². The van der Waals surface area contributed by atoms with E-state index in [1.54, 1.807) is 0 Å². The van der Waals surface area contributed by atoms with E-state index in [1.807, 2.05) is 0 Å². The summed E-state index contributed by atoms with van der Waals surface area (Å²) < 4.78 is 48.5. The van der Waals surface area contributed by atoms with E-state index in [0.717, 1.165) is 0 Å². The van der Waals surface area contributed by atoms with Gasteiger partial charge in [0.05, 0.1) is 12.3 Å². The van der Waals surface area contributed by atoms with Crippen LogP contribution in [0, 0.1) is 0 Å². The van der Waals surface area contributed by atoms with Crippen LogP contribution in [-0.4, -0.2) is 50.9 Å². The fraction of sp³-hybridized carbons (Fsp3) is 0.889. The molecule has 0 saturated carbocycles. The van der Waals surface area contributed by atoms with Crippen molar-refractivity contribution >= 4 is 15.7 Å². The van der Waals surface area contributed by atoms with Gasteiger partial charge >= 0.3 is 0 Å². The minimum atomic E-state index is -3.24. The maximum Gasteiger partial charge on any atom is 0.281 e. The second kappa shape index (κ2) is 5.26. The number of alkyl halides is 2. The maximum atomic E-state index is 13.1. The van der Waals surface area contributed by atoms with E-state index >= 15 is 0 Å². The molecular formula is C9H16F2N2O3S. The first kappa shape index (κ1) is 14.3. The van der Waals surface area contributed by atoms with Crippen molar-refractivity contribution in [3.63, 3.8) is 0 Å². The first-order valence-corrected chi connectivity index (χ1v) is 7.17. The van der Waals surface area contributed by atoms with Crippen molar-refractivity contribution in [2.75, 3.05) is 24.6 Å². The van der Waals surface area contributed by atoms with Gasteiger partial charge in [0.1, 0.15) is 6.04 Å². The molecule has 0 aromatic heterocycles. The van der Waals surface area contributed by atoms with E-state index in [4.69, 9.17) is 0 Å². The molecule has 1 rings (SSSR count). The van der Waals surface area contributed by atoms with Crippen LogP contribution in [0.4, 0.5) is 8.78 Å². The van der Waals surface area contributed by atoms with Crippen molar-refractivity contribution in [1.29, 1.82) is 0 Å². The van der Waals surface area contributed by atoms with E-state index in [-0.39, 0.29) is 24.5 Å². The molecular weight excluding hydrogens is 254 g/mol. The van der Waals surface area contributed by atoms with Gasteiger partial charge in [-0.3, -0.25) is 4.79 Å². The summed E-state index contributed by atoms with van der Waals surface area (Å²) in [5, 5.41) is 4.62. The Labute approximate surface area is 98.9 Å². The zero-order chi connectivity index (χ0) is 13.1. The van der Waals surface area contributed by atoms with Gasteiger partial charge in [0.2, 0.25) is 5.91 Å². The predicted molar refractivity (Wildman–Crippen MR) is 58.7 cm³/mol. The van der Waals surface area contributed by atoms with E-state index in [0.29, 0.717) is 0 Å². The summed E-state index contributed by atoms with van der Waals surface area (Å²) in [7, 11) is -3.24. The standard InChI is InChI=1S/C9H16F2N2O3S/c1-2-17(15,16)4-3-8(14)13-7-5-12-6-9(7,10)11/h7,12H,2-6H2,1H3,(H,13,14). The van der Waals surface area contributed by atoms with Crippen LogP contribution in [0.5, 0.6) is 0 Å². The molecule has 2 N–H and O–H groups in total. The molecule has 17 heavy (non-hydrogen) atoms. The molecule has 1 saturated heterocycles. The Morgan fingerprint density at radius 1 is 1.53 bits per heavy atom. The summed E-state index contributed by atoms with van der Waals surface area (Å²) in [6.07, 6.45) is -0.275. The molecule has 1 atom stereocenters. The van der Waals surface area contributed by atoms with Crippen molar-refractivity contribution in [3.8, 4) is 0 Å². The number of hydrogen-bond acceptors (Lipinski definition) is 4. The van der Waals surface area contributed by atoms with Gasteiger partial charge < -0.3 is 10.6 Å². The summed E-state index contributed by atoms with van der Waals surface area (Å²) in [6, 6.07) is -1.25. The van der Waals surface area contributed by atoms with Crippen LogP contribution in [-0.2, 0) is 14.6 Å². The first-order chi connectivity index (χ1) is 7.77. The molecule has 5 nitrogen and oxygen atoms in total. The average Bonchev–Trinajstić information content (AvgIpc) is 2.56. The molecule has 1 aliphatic rings. The van der Waals surface area contributed by atoms with Gasteiger partial charge in [0, 0.05) is 18.7 Å². The van der Waals surface area contributed by atoms with Crippen molar-refractivity contribution < 1.29 is 22.0 Å². The Morgan fingerprint density at radius 3 is 2.65 bits per heavy atom. The maximum absolute atomic E-state index is 13.1. The quantitative estimate of drug-likeness (QED) is 0.708. The third-order valence-electron chi connectivity index (χ3n) is 2.63. The second-order valence-electron chi connectivity index (χ2n) is 4.00. The number of amides is 1. The van der Waals surface area contributed by atoms with E-state index in [2.05, 4.69) is 10.6 Å². The summed E-state index contributed by atoms with van der Waals surface area (Å²) in [6.45, 7) is 1.01. The lowest BCUT2D eigenvalue weighted by molar-refractivity contribution is -0.123. The lowest BCUT2D eigenvalue weighted by Gasteiger charge is -2.19. The number of carbonyl (C=O) groups is 1. The molecule has 1 unspecified atom stereocenters. The van der Waals surface area contributed by atoms with Crippen molar-refractivity contribution in [3.05, 3.63) is 0 Å². The number of carbonyl (C=O) groups excluding carboxylic acids is 1. The molecule has 0 aliphatic carbocycles. The molecule has 8 heteroatoms. The Hall–Kier alpha value is -0.760. The number of hydrogen-bond donors (Lipinski definition) is 2. The van der Waals surface area contributed by atoms with Gasteiger partial charge in [0.25, 0.3) is 5.92 Å². The van der Waals surface area contributed by atoms with Crippen molar-refractivity contribution in [2.45, 2.75) is 25.3 Å². The zero-order valence-corrected chi connectivity index (χ0v) is 10.3. The first-order valence-electron chi connectivity index (χ1n) is 5.35. The highest BCUT2D eigenvalue weighted by atomic mass is 32.2. The zero-order valence-electron chi connectivity index (χ0n) is 9.50. The molecule has 0 radical (unpaired) electrons. The van der Waals surface area contributed by atoms with Crippen LogP contribution >= 0.6 is 0 Å². The van der Waals surface area contributed by atoms with Crippen LogP contribution in [0.1, 0.15) is 13.3 Å². The molecule has 0 bridgehead atoms. The fourth-order valence-corrected chi connectivity index (χ4v) is 2.26. The van der Waals surface area contributed by atoms with Gasteiger partial charge in [-0.05, 0) is 0 Å². The lowest BCUT2D eigenvalue weighted by atomic mass is 10.2. The van der Waals surface area contributed by atoms with Gasteiger partial charge in [-0.25, -0.2) is 17.2 Å². The highest BCUT2D eigenvalue weighted by molar-refractivity contribution is 7.91. The Morgan fingerprint density at radius 2 is 2.18 bits per heavy atom. The predicted octanol–water partition coefficient (Wildman–Crippen LogP) is -0.465. The van der Waals surface area contributed by atoms with Gasteiger partial charge in [0.15, 0.2) is 9.84 Å². The summed E-state index contributed by atoms with van der Waals surface area (Å²) >= 11 is 0. The molecule has 0 aromatic rings. The summed E-state index contributed by atoms with van der Waals surface area (Å²) in [5.41, 5.74) is 0. The van der Waals surface area contributed by atoms with Crippen LogP contribution in [0.3, 0.4) is 0 Å². The topological polar surface area (TPSA) is 75.3 Å². The molecule has 100 valence electrons. The van der Waals surface area contributed by atoms with Crippen LogP contribution < -0.4 is 10.6 Å². The third kappa shape index (κ3) is 4.19. The van der Waals surface area contributed by atoms with E-state index in [1.165, 1.54) is 6.92 Å². The summed E-state index contributed by atoms with van der Waals surface area (Å²) in [5.74, 6) is -3.99. The van der Waals surface area contributed by atoms with Gasteiger partial charge in [-0.15, -0.1) is 0 Å². The average molecular weight is 270 g/mol. The van der Waals surface area contributed by atoms with Gasteiger partial charge in [-0.2, -0.15) is 0 Å². The molecule has 0 aromatic carbocycles. The number of sulfone groups is 1. The minimum absolute atomic E-state index is 0.000726. The SMILES string of the molecule is CCS(=O)(=O)CCC(=O)NC1CNCC1(F)F. The second-order valence-corrected chi connectivity index (χ2v) is 6.47. The van der Waals surface area contributed by atoms with E-state index in [9.17, 15) is 22.0 Å². The van der Waals surface area contributed by atoms with Gasteiger partial charge in [-0.1, -0.05) is 6.92 Å². The highest BCUT2D eigenvalue weighted by Crippen LogP contribution is 2.21. The smallest absolute Gasteiger partial charge is 0.281 e. The Balaban J connectivity index is 2.40. The number of nitrogens with one attached hydrogen (secondary N) is 2. The third-order valence-corrected chi connectivity index (χ3v) is 4.34. The summed E-state index contributed by atoms with van der Waals surface area (Å²) in [4.78, 5) is 11.3. The fourth-order valence-electron chi connectivity index (χ4n) is 1.47. The Bertz CT molecular complexity index is 384.